The number of hydrogen-bond donors (Lipinski definition) is 2. The number of amides is 2. The number of carbonyl (C=O) groups excluding carboxylic acids is 1. The van der Waals surface area contributed by atoms with E-state index in [1.165, 1.54) is 0 Å². The number of rotatable bonds is 2. The lowest BCUT2D eigenvalue weighted by atomic mass is 9.93. The molecule has 2 heterocycles. The van der Waals surface area contributed by atoms with Crippen molar-refractivity contribution in [3.05, 3.63) is 0 Å². The highest BCUT2D eigenvalue weighted by molar-refractivity contribution is 6.08. The molecule has 17 heavy (non-hydrogen) atoms. The third-order valence-corrected chi connectivity index (χ3v) is 3.90. The molecule has 2 unspecified atom stereocenters. The topological polar surface area (TPSA) is 59.4 Å². The summed E-state index contributed by atoms with van der Waals surface area (Å²) < 4.78 is 0. The Morgan fingerprint density at radius 2 is 2.24 bits per heavy atom. The molecule has 2 atom stereocenters. The van der Waals surface area contributed by atoms with Crippen LogP contribution in [-0.4, -0.2) is 53.4 Å². The number of likely N-dealkylation sites (tertiary alicyclic amines) is 1. The largest absolute Gasteiger partial charge is 0.323 e. The van der Waals surface area contributed by atoms with E-state index in [-0.39, 0.29) is 6.03 Å². The first-order valence-corrected chi connectivity index (χ1v) is 6.24. The van der Waals surface area contributed by atoms with Gasteiger partial charge in [0.05, 0.1) is 0 Å². The standard InChI is InChI=1S/C12H22N4O/c1-8(2)6-16-11(17)14-10(13)12(16)5-9(3)15(4)7-12/h8-9H,5-7H2,1-4H3,(H2,13,14,17). The summed E-state index contributed by atoms with van der Waals surface area (Å²) >= 11 is 0. The smallest absolute Gasteiger partial charge is 0.310 e. The van der Waals surface area contributed by atoms with Gasteiger partial charge < -0.3 is 9.80 Å². The van der Waals surface area contributed by atoms with Crippen molar-refractivity contribution in [1.29, 1.82) is 5.41 Å². The third kappa shape index (κ3) is 1.82. The fraction of sp³-hybridized carbons (Fsp3) is 0.833. The molecule has 2 N–H and O–H groups in total. The Kier molecular flexibility index (Phi) is 2.89. The maximum atomic E-state index is 12.0. The molecule has 1 spiro atoms. The Labute approximate surface area is 103 Å². The van der Waals surface area contributed by atoms with Crippen LogP contribution in [0.3, 0.4) is 0 Å². The number of hydrogen-bond acceptors (Lipinski definition) is 3. The van der Waals surface area contributed by atoms with E-state index >= 15 is 0 Å². The average Bonchev–Trinajstić information content (AvgIpc) is 2.61. The van der Waals surface area contributed by atoms with Crippen LogP contribution >= 0.6 is 0 Å². The van der Waals surface area contributed by atoms with Gasteiger partial charge in [0.25, 0.3) is 0 Å². The third-order valence-electron chi connectivity index (χ3n) is 3.90. The molecule has 2 rings (SSSR count). The van der Waals surface area contributed by atoms with Gasteiger partial charge in [-0.25, -0.2) is 4.79 Å². The van der Waals surface area contributed by atoms with E-state index < -0.39 is 5.54 Å². The highest BCUT2D eigenvalue weighted by Crippen LogP contribution is 2.35. The van der Waals surface area contributed by atoms with E-state index in [1.807, 2.05) is 4.90 Å². The molecule has 0 aromatic rings. The summed E-state index contributed by atoms with van der Waals surface area (Å²) in [7, 11) is 2.06. The van der Waals surface area contributed by atoms with Gasteiger partial charge in [0.15, 0.2) is 0 Å². The van der Waals surface area contributed by atoms with Gasteiger partial charge in [-0.2, -0.15) is 0 Å². The second-order valence-corrected chi connectivity index (χ2v) is 5.81. The molecular formula is C12H22N4O. The Morgan fingerprint density at radius 1 is 1.59 bits per heavy atom. The molecule has 0 bridgehead atoms. The van der Waals surface area contributed by atoms with Crippen molar-refractivity contribution in [3.63, 3.8) is 0 Å². The predicted molar refractivity (Wildman–Crippen MR) is 67.2 cm³/mol. The highest BCUT2D eigenvalue weighted by Gasteiger charge is 2.55. The molecule has 2 amide bonds. The summed E-state index contributed by atoms with van der Waals surface area (Å²) in [5.41, 5.74) is -0.407. The normalized spacial score (nSPS) is 34.2. The molecule has 0 saturated carbocycles. The summed E-state index contributed by atoms with van der Waals surface area (Å²) in [5.74, 6) is 0.795. The summed E-state index contributed by atoms with van der Waals surface area (Å²) in [5, 5.41) is 10.8. The summed E-state index contributed by atoms with van der Waals surface area (Å²) in [6.45, 7) is 7.83. The van der Waals surface area contributed by atoms with E-state index in [9.17, 15) is 4.79 Å². The highest BCUT2D eigenvalue weighted by atomic mass is 16.2. The lowest BCUT2D eigenvalue weighted by Gasteiger charge is -2.33. The second kappa shape index (κ2) is 3.98. The monoisotopic (exact) mass is 238 g/mol. The van der Waals surface area contributed by atoms with Crippen molar-refractivity contribution >= 4 is 11.9 Å². The first kappa shape index (κ1) is 12.4. The van der Waals surface area contributed by atoms with Crippen LogP contribution in [0.5, 0.6) is 0 Å². The van der Waals surface area contributed by atoms with Crippen molar-refractivity contribution in [2.75, 3.05) is 20.1 Å². The van der Waals surface area contributed by atoms with Gasteiger partial charge in [0, 0.05) is 19.1 Å². The summed E-state index contributed by atoms with van der Waals surface area (Å²) in [4.78, 5) is 16.0. The van der Waals surface area contributed by atoms with Gasteiger partial charge in [0.1, 0.15) is 11.4 Å². The zero-order valence-electron chi connectivity index (χ0n) is 11.1. The zero-order chi connectivity index (χ0) is 12.8. The molecule has 0 aromatic carbocycles. The van der Waals surface area contributed by atoms with Gasteiger partial charge in [-0.15, -0.1) is 0 Å². The van der Waals surface area contributed by atoms with Crippen molar-refractivity contribution < 1.29 is 4.79 Å². The number of likely N-dealkylation sites (N-methyl/N-ethyl adjacent to an activating group) is 1. The second-order valence-electron chi connectivity index (χ2n) is 5.81. The Hall–Kier alpha value is -1.10. The number of carbonyl (C=O) groups is 1. The molecule has 96 valence electrons. The molecule has 0 aromatic heterocycles. The molecule has 0 aliphatic carbocycles. The van der Waals surface area contributed by atoms with E-state index in [2.05, 4.69) is 38.0 Å². The minimum absolute atomic E-state index is 0.105. The van der Waals surface area contributed by atoms with Crippen molar-refractivity contribution in [1.82, 2.24) is 15.1 Å². The molecule has 2 saturated heterocycles. The first-order chi connectivity index (χ1) is 7.86. The van der Waals surface area contributed by atoms with Gasteiger partial charge in [-0.05, 0) is 26.3 Å². The van der Waals surface area contributed by atoms with E-state index in [0.29, 0.717) is 17.8 Å². The van der Waals surface area contributed by atoms with Gasteiger partial charge in [-0.3, -0.25) is 10.7 Å². The number of nitrogens with zero attached hydrogens (tertiary/aromatic N) is 2. The van der Waals surface area contributed by atoms with E-state index in [4.69, 9.17) is 5.41 Å². The van der Waals surface area contributed by atoms with Crippen LogP contribution in [0, 0.1) is 11.3 Å². The molecule has 2 fully saturated rings. The average molecular weight is 238 g/mol. The minimum Gasteiger partial charge on any atom is -0.310 e. The van der Waals surface area contributed by atoms with Crippen LogP contribution in [0.25, 0.3) is 0 Å². The summed E-state index contributed by atoms with van der Waals surface area (Å²) in [6, 6.07) is 0.309. The first-order valence-electron chi connectivity index (χ1n) is 6.24. The van der Waals surface area contributed by atoms with Gasteiger partial charge >= 0.3 is 6.03 Å². The number of amidine groups is 1. The van der Waals surface area contributed by atoms with Crippen molar-refractivity contribution in [2.24, 2.45) is 5.92 Å². The fourth-order valence-electron chi connectivity index (χ4n) is 2.90. The zero-order valence-corrected chi connectivity index (χ0v) is 11.1. The predicted octanol–water partition coefficient (Wildman–Crippen LogP) is 1.11. The Bertz CT molecular complexity index is 342. The van der Waals surface area contributed by atoms with E-state index in [1.54, 1.807) is 0 Å². The minimum atomic E-state index is -0.407. The molecule has 2 aliphatic rings. The van der Waals surface area contributed by atoms with Gasteiger partial charge in [0.2, 0.25) is 0 Å². The molecule has 0 radical (unpaired) electrons. The molecule has 5 nitrogen and oxygen atoms in total. The Morgan fingerprint density at radius 3 is 2.71 bits per heavy atom. The van der Waals surface area contributed by atoms with Crippen LogP contribution in [0.4, 0.5) is 4.79 Å². The number of urea groups is 1. The fourth-order valence-corrected chi connectivity index (χ4v) is 2.90. The van der Waals surface area contributed by atoms with Crippen molar-refractivity contribution in [2.45, 2.75) is 38.8 Å². The maximum absolute atomic E-state index is 12.0. The molecular weight excluding hydrogens is 216 g/mol. The lowest BCUT2D eigenvalue weighted by Crippen LogP contribution is -2.52. The van der Waals surface area contributed by atoms with Crippen LogP contribution in [0.15, 0.2) is 0 Å². The Balaban J connectivity index is 2.29. The molecule has 5 heteroatoms. The number of nitrogens with one attached hydrogen (secondary N) is 2. The molecule has 2 aliphatic heterocycles. The lowest BCUT2D eigenvalue weighted by molar-refractivity contribution is 0.164. The van der Waals surface area contributed by atoms with Crippen LogP contribution in [0.2, 0.25) is 0 Å². The van der Waals surface area contributed by atoms with Crippen molar-refractivity contribution in [3.8, 4) is 0 Å². The van der Waals surface area contributed by atoms with Crippen LogP contribution in [-0.2, 0) is 0 Å². The quantitative estimate of drug-likeness (QED) is 0.757. The maximum Gasteiger partial charge on any atom is 0.323 e. The summed E-state index contributed by atoms with van der Waals surface area (Å²) in [6.07, 6.45) is 0.855. The van der Waals surface area contributed by atoms with Gasteiger partial charge in [-0.1, -0.05) is 13.8 Å². The van der Waals surface area contributed by atoms with Crippen LogP contribution < -0.4 is 5.32 Å². The SMILES string of the molecule is CC(C)CN1C(=O)NC(=N)C12CC(C)N(C)C2. The van der Waals surface area contributed by atoms with Crippen LogP contribution in [0.1, 0.15) is 27.2 Å². The van der Waals surface area contributed by atoms with E-state index in [0.717, 1.165) is 19.5 Å².